The summed E-state index contributed by atoms with van der Waals surface area (Å²) in [6.45, 7) is 7.42. The Balaban J connectivity index is 1.68. The zero-order valence-corrected chi connectivity index (χ0v) is 13.8. The van der Waals surface area contributed by atoms with Gasteiger partial charge in [-0.2, -0.15) is 0 Å². The Morgan fingerprint density at radius 2 is 1.71 bits per heavy atom. The number of rotatable bonds is 3. The number of morpholine rings is 1. The Labute approximate surface area is 129 Å². The summed E-state index contributed by atoms with van der Waals surface area (Å²) in [4.78, 5) is 2.84. The summed E-state index contributed by atoms with van der Waals surface area (Å²) in [6.07, 6.45) is 8.89. The lowest BCUT2D eigenvalue weighted by molar-refractivity contribution is -0.183. The highest BCUT2D eigenvalue weighted by atomic mass is 16.5. The van der Waals surface area contributed by atoms with E-state index in [0.29, 0.717) is 17.7 Å². The highest BCUT2D eigenvalue weighted by Gasteiger charge is 2.60. The number of hydrogen-bond acceptors (Lipinski definition) is 3. The molecule has 0 aromatic carbocycles. The number of nitrogens with zero attached hydrogens (tertiary/aromatic N) is 1. The van der Waals surface area contributed by atoms with E-state index in [9.17, 15) is 0 Å². The van der Waals surface area contributed by atoms with E-state index >= 15 is 0 Å². The van der Waals surface area contributed by atoms with Gasteiger partial charge >= 0.3 is 0 Å². The van der Waals surface area contributed by atoms with Crippen molar-refractivity contribution in [1.29, 1.82) is 0 Å². The first kappa shape index (κ1) is 14.5. The van der Waals surface area contributed by atoms with Gasteiger partial charge in [-0.25, -0.2) is 0 Å². The van der Waals surface area contributed by atoms with Crippen LogP contribution in [-0.2, 0) is 4.74 Å². The fraction of sp³-hybridized carbons (Fsp3) is 1.00. The predicted molar refractivity (Wildman–Crippen MR) is 85.0 cm³/mol. The van der Waals surface area contributed by atoms with Crippen molar-refractivity contribution >= 4 is 0 Å². The van der Waals surface area contributed by atoms with Gasteiger partial charge in [0.05, 0.1) is 12.7 Å². The summed E-state index contributed by atoms with van der Waals surface area (Å²) in [7, 11) is 0. The molecule has 4 saturated carbocycles. The first-order chi connectivity index (χ1) is 10.2. The fourth-order valence-electron chi connectivity index (χ4n) is 6.61. The van der Waals surface area contributed by atoms with Gasteiger partial charge in [-0.1, -0.05) is 6.92 Å². The minimum Gasteiger partial charge on any atom is -0.376 e. The molecule has 0 amide bonds. The van der Waals surface area contributed by atoms with Crippen molar-refractivity contribution in [2.24, 2.45) is 29.4 Å². The van der Waals surface area contributed by atoms with Crippen molar-refractivity contribution in [3.63, 3.8) is 0 Å². The normalized spacial score (nSPS) is 53.3. The molecule has 5 rings (SSSR count). The van der Waals surface area contributed by atoms with Crippen LogP contribution in [0.2, 0.25) is 0 Å². The van der Waals surface area contributed by atoms with Crippen LogP contribution in [0.25, 0.3) is 0 Å². The largest absolute Gasteiger partial charge is 0.376 e. The fourth-order valence-corrected chi connectivity index (χ4v) is 6.61. The van der Waals surface area contributed by atoms with Crippen molar-refractivity contribution in [3.8, 4) is 0 Å². The molecule has 3 heteroatoms. The van der Waals surface area contributed by atoms with E-state index in [-0.39, 0.29) is 0 Å². The van der Waals surface area contributed by atoms with Crippen molar-refractivity contribution in [2.75, 3.05) is 19.7 Å². The Kier molecular flexibility index (Phi) is 3.59. The molecule has 2 unspecified atom stereocenters. The van der Waals surface area contributed by atoms with Crippen LogP contribution in [0.3, 0.4) is 0 Å². The minimum absolute atomic E-state index is 0.298. The lowest BCUT2D eigenvalue weighted by Gasteiger charge is -2.66. The van der Waals surface area contributed by atoms with E-state index in [0.717, 1.165) is 43.4 Å². The molecular weight excluding hydrogens is 260 g/mol. The average Bonchev–Trinajstić information content (AvgIpc) is 2.47. The third kappa shape index (κ3) is 2.04. The lowest BCUT2D eigenvalue weighted by Crippen LogP contribution is -2.73. The molecule has 1 aliphatic heterocycles. The van der Waals surface area contributed by atoms with Crippen molar-refractivity contribution in [2.45, 2.75) is 70.1 Å². The summed E-state index contributed by atoms with van der Waals surface area (Å²) in [5.41, 5.74) is 6.80. The molecule has 2 atom stereocenters. The van der Waals surface area contributed by atoms with Crippen LogP contribution in [0, 0.1) is 23.7 Å². The highest BCUT2D eigenvalue weighted by molar-refractivity contribution is 5.14. The van der Waals surface area contributed by atoms with Crippen LogP contribution < -0.4 is 5.73 Å². The molecule has 2 N–H and O–H groups in total. The summed E-state index contributed by atoms with van der Waals surface area (Å²) < 4.78 is 5.96. The van der Waals surface area contributed by atoms with Gasteiger partial charge in [0.1, 0.15) is 0 Å². The maximum Gasteiger partial charge on any atom is 0.0675 e. The van der Waals surface area contributed by atoms with Crippen LogP contribution in [0.5, 0.6) is 0 Å². The lowest BCUT2D eigenvalue weighted by atomic mass is 9.48. The van der Waals surface area contributed by atoms with E-state index in [2.05, 4.69) is 18.7 Å². The smallest absolute Gasteiger partial charge is 0.0675 e. The number of ether oxygens (including phenoxy) is 1. The second-order valence-electron chi connectivity index (χ2n) is 8.36. The zero-order chi connectivity index (χ0) is 14.6. The van der Waals surface area contributed by atoms with Gasteiger partial charge in [-0.05, 0) is 69.1 Å². The molecule has 0 spiro atoms. The van der Waals surface area contributed by atoms with Gasteiger partial charge in [0.2, 0.25) is 0 Å². The zero-order valence-electron chi connectivity index (χ0n) is 13.8. The van der Waals surface area contributed by atoms with Crippen molar-refractivity contribution < 1.29 is 4.74 Å². The molecule has 21 heavy (non-hydrogen) atoms. The van der Waals surface area contributed by atoms with E-state index in [4.69, 9.17) is 10.5 Å². The minimum atomic E-state index is 0.298. The van der Waals surface area contributed by atoms with Crippen molar-refractivity contribution in [3.05, 3.63) is 0 Å². The average molecular weight is 292 g/mol. The number of nitrogens with two attached hydrogens (primary N) is 1. The van der Waals surface area contributed by atoms with Gasteiger partial charge in [0, 0.05) is 24.7 Å². The van der Waals surface area contributed by atoms with Crippen LogP contribution >= 0.6 is 0 Å². The van der Waals surface area contributed by atoms with Crippen molar-refractivity contribution in [1.82, 2.24) is 4.90 Å². The van der Waals surface area contributed by atoms with Gasteiger partial charge in [0.15, 0.2) is 0 Å². The van der Waals surface area contributed by atoms with Gasteiger partial charge in [-0.3, -0.25) is 4.90 Å². The van der Waals surface area contributed by atoms with E-state index in [1.54, 1.807) is 0 Å². The van der Waals surface area contributed by atoms with Crippen LogP contribution in [0.1, 0.15) is 52.4 Å². The quantitative estimate of drug-likeness (QED) is 0.869. The van der Waals surface area contributed by atoms with Gasteiger partial charge < -0.3 is 10.5 Å². The third-order valence-corrected chi connectivity index (χ3v) is 7.35. The summed E-state index contributed by atoms with van der Waals surface area (Å²) >= 11 is 0. The second-order valence-corrected chi connectivity index (χ2v) is 8.36. The maximum absolute atomic E-state index is 6.50. The van der Waals surface area contributed by atoms with E-state index < -0.39 is 0 Å². The monoisotopic (exact) mass is 292 g/mol. The van der Waals surface area contributed by atoms with E-state index in [1.807, 2.05) is 0 Å². The van der Waals surface area contributed by atoms with Crippen LogP contribution in [0.15, 0.2) is 0 Å². The molecule has 1 heterocycles. The summed E-state index contributed by atoms with van der Waals surface area (Å²) in [5.74, 6) is 3.76. The Hall–Kier alpha value is -0.120. The molecule has 0 radical (unpaired) electrons. The SMILES string of the molecule is CCC1COC(C)CN1C1(CN)C2CC3CC(C2)CC1C3. The highest BCUT2D eigenvalue weighted by Crippen LogP contribution is 2.60. The molecule has 3 nitrogen and oxygen atoms in total. The Bertz CT molecular complexity index is 369. The Morgan fingerprint density at radius 3 is 2.24 bits per heavy atom. The van der Waals surface area contributed by atoms with E-state index in [1.165, 1.54) is 38.5 Å². The molecule has 5 fully saturated rings. The molecular formula is C18H32N2O. The number of hydrogen-bond donors (Lipinski definition) is 1. The third-order valence-electron chi connectivity index (χ3n) is 7.35. The second kappa shape index (κ2) is 5.21. The summed E-state index contributed by atoms with van der Waals surface area (Å²) in [5, 5.41) is 0. The molecule has 4 aliphatic carbocycles. The molecule has 5 aliphatic rings. The molecule has 0 aromatic heterocycles. The summed E-state index contributed by atoms with van der Waals surface area (Å²) in [6, 6.07) is 0.585. The maximum atomic E-state index is 6.50. The molecule has 4 bridgehead atoms. The predicted octanol–water partition coefficient (Wildman–Crippen LogP) is 2.64. The van der Waals surface area contributed by atoms with Crippen LogP contribution in [-0.4, -0.2) is 42.3 Å². The first-order valence-corrected chi connectivity index (χ1v) is 9.25. The topological polar surface area (TPSA) is 38.5 Å². The van der Waals surface area contributed by atoms with Crippen LogP contribution in [0.4, 0.5) is 0 Å². The molecule has 0 aromatic rings. The Morgan fingerprint density at radius 1 is 1.10 bits per heavy atom. The standard InChI is InChI=1S/C18H32N2O/c1-3-17-10-21-12(2)9-20(17)18(11-19)15-5-13-4-14(7-15)8-16(18)6-13/h12-17H,3-11,19H2,1-2H3. The molecule has 1 saturated heterocycles. The van der Waals surface area contributed by atoms with Gasteiger partial charge in [-0.15, -0.1) is 0 Å². The first-order valence-electron chi connectivity index (χ1n) is 9.25. The van der Waals surface area contributed by atoms with Gasteiger partial charge in [0.25, 0.3) is 0 Å². The molecule has 120 valence electrons.